The van der Waals surface area contributed by atoms with Crippen molar-refractivity contribution < 1.29 is 101 Å². The fourth-order valence-electron chi connectivity index (χ4n) is 3.35. The molecular weight excluding hydrogens is 524 g/mol. The molecule has 0 saturated heterocycles. The van der Waals surface area contributed by atoms with Gasteiger partial charge in [-0.15, -0.1) is 0 Å². The summed E-state index contributed by atoms with van der Waals surface area (Å²) in [7, 11) is -5.19. The first-order valence-corrected chi connectivity index (χ1v) is 14.0. The van der Waals surface area contributed by atoms with E-state index in [1.54, 1.807) is 0 Å². The van der Waals surface area contributed by atoms with E-state index in [-0.39, 0.29) is 84.3 Å². The summed E-state index contributed by atoms with van der Waals surface area (Å²) in [5.41, 5.74) is 0. The normalized spacial score (nSPS) is 12.7. The number of hydrogen-bond acceptors (Lipinski definition) is 9. The molecule has 0 saturated carbocycles. The van der Waals surface area contributed by atoms with E-state index in [4.69, 9.17) is 0 Å². The fourth-order valence-corrected chi connectivity index (χ4v) is 4.00. The number of allylic oxidation sites excluding steroid dienone is 1. The van der Waals surface area contributed by atoms with Gasteiger partial charge in [-0.2, -0.15) is 0 Å². The molecule has 0 fully saturated rings. The Hall–Kier alpha value is 0.0200. The summed E-state index contributed by atoms with van der Waals surface area (Å²) in [4.78, 5) is 33.8. The number of aliphatic hydroxyl groups is 1. The van der Waals surface area contributed by atoms with Crippen LogP contribution in [0.5, 0.6) is 0 Å². The van der Waals surface area contributed by atoms with Gasteiger partial charge >= 0.3 is 65.1 Å². The maximum Gasteiger partial charge on any atom is 1.00 e. The predicted octanol–water partition coefficient (Wildman–Crippen LogP) is -4.28. The van der Waals surface area contributed by atoms with Gasteiger partial charge < -0.3 is 29.6 Å². The van der Waals surface area contributed by atoms with Crippen LogP contribution in [-0.4, -0.2) is 60.4 Å². The number of unbranched alkanes of at least 4 members (excludes halogenated alkanes) is 8. The number of ether oxygens (including phenoxy) is 1. The molecule has 204 valence electrons. The molecule has 0 heterocycles. The van der Waals surface area contributed by atoms with Gasteiger partial charge in [0.15, 0.2) is 5.25 Å². The first kappa shape index (κ1) is 41.5. The van der Waals surface area contributed by atoms with Gasteiger partial charge in [0, 0.05) is 18.8 Å². The Morgan fingerprint density at radius 3 is 2.22 bits per heavy atom. The van der Waals surface area contributed by atoms with Gasteiger partial charge in [0.2, 0.25) is 5.91 Å². The van der Waals surface area contributed by atoms with E-state index in [0.717, 1.165) is 44.9 Å². The summed E-state index contributed by atoms with van der Waals surface area (Å²) in [6.07, 6.45) is 14.9. The van der Waals surface area contributed by atoms with Gasteiger partial charge in [-0.3, -0.25) is 9.59 Å². The van der Waals surface area contributed by atoms with Crippen LogP contribution in [0.15, 0.2) is 12.2 Å². The van der Waals surface area contributed by atoms with E-state index >= 15 is 0 Å². The maximum absolute atomic E-state index is 11.8. The minimum absolute atomic E-state index is 0. The Balaban J connectivity index is -0.00000578. The Morgan fingerprint density at radius 1 is 0.973 bits per heavy atom. The molecule has 0 aliphatic heterocycles. The summed E-state index contributed by atoms with van der Waals surface area (Å²) in [5.74, 6) is -3.59. The van der Waals surface area contributed by atoms with Crippen LogP contribution in [0, 0.1) is 0 Å². The van der Waals surface area contributed by atoms with Crippen molar-refractivity contribution >= 4 is 28.0 Å². The number of hydrogen-bond donors (Lipinski definition) is 2. The smallest absolute Gasteiger partial charge is 0.747 e. The summed E-state index contributed by atoms with van der Waals surface area (Å²) in [5, 5.41) is 20.5. The number of carbonyl (C=O) groups is 3. The number of aliphatic hydroxyl groups excluding tert-OH is 1. The van der Waals surface area contributed by atoms with Crippen LogP contribution in [-0.2, 0) is 29.2 Å². The fraction of sp³-hybridized carbons (Fsp3) is 0.792. The molecule has 10 nitrogen and oxygen atoms in total. The summed E-state index contributed by atoms with van der Waals surface area (Å²) in [6.45, 7) is 1.70. The van der Waals surface area contributed by atoms with Crippen LogP contribution in [0.2, 0.25) is 0 Å². The molecule has 1 amide bonds. The number of amides is 1. The SMILES string of the molecule is CCCCCCC(O)CC=CCCCCCCCC(=O)NCCOC(=O)C(CC(=O)[O-])S(=O)(=O)[O-].[Na+].[Na+]. The molecule has 2 unspecified atom stereocenters. The quantitative estimate of drug-likeness (QED) is 0.0433. The Labute approximate surface area is 266 Å². The third kappa shape index (κ3) is 26.0. The third-order valence-electron chi connectivity index (χ3n) is 5.37. The molecule has 0 aromatic carbocycles. The molecule has 0 aromatic rings. The largest absolute Gasteiger partial charge is 1.00 e. The molecule has 0 aliphatic carbocycles. The second kappa shape index (κ2) is 26.3. The van der Waals surface area contributed by atoms with E-state index in [1.807, 2.05) is 0 Å². The molecular formula is C24H41NNa2O9S. The standard InChI is InChI=1S/C24H43NO9S.2Na/c1-2-3-4-11-14-20(26)15-12-9-7-5-6-8-10-13-16-22(27)25-17-18-34-24(30)21(19-23(28)29)35(31,32)33;;/h9,12,20-21,26H,2-8,10-11,13-19H2,1H3,(H,25,27)(H,28,29)(H,31,32,33);;/q;2*+1/p-2. The second-order valence-corrected chi connectivity index (χ2v) is 10.1. The van der Waals surface area contributed by atoms with Crippen LogP contribution in [0.4, 0.5) is 0 Å². The Kier molecular flexibility index (Phi) is 29.4. The number of esters is 1. The van der Waals surface area contributed by atoms with Gasteiger partial charge in [0.05, 0.1) is 12.6 Å². The van der Waals surface area contributed by atoms with Crippen molar-refractivity contribution in [1.29, 1.82) is 0 Å². The van der Waals surface area contributed by atoms with Gasteiger partial charge in [0.1, 0.15) is 16.7 Å². The van der Waals surface area contributed by atoms with Crippen molar-refractivity contribution in [2.75, 3.05) is 13.2 Å². The van der Waals surface area contributed by atoms with Gasteiger partial charge in [-0.05, 0) is 32.1 Å². The monoisotopic (exact) mass is 565 g/mol. The topological polar surface area (TPSA) is 173 Å². The summed E-state index contributed by atoms with van der Waals surface area (Å²) in [6, 6.07) is 0. The Bertz CT molecular complexity index is 749. The minimum atomic E-state index is -5.19. The van der Waals surface area contributed by atoms with E-state index in [1.165, 1.54) is 19.3 Å². The van der Waals surface area contributed by atoms with Crippen molar-refractivity contribution in [2.24, 2.45) is 0 Å². The molecule has 2 N–H and O–H groups in total. The average molecular weight is 566 g/mol. The zero-order chi connectivity index (χ0) is 26.5. The van der Waals surface area contributed by atoms with E-state index < -0.39 is 33.7 Å². The molecule has 37 heavy (non-hydrogen) atoms. The van der Waals surface area contributed by atoms with Crippen LogP contribution in [0.3, 0.4) is 0 Å². The van der Waals surface area contributed by atoms with Crippen molar-refractivity contribution in [3.63, 3.8) is 0 Å². The van der Waals surface area contributed by atoms with Crippen molar-refractivity contribution in [3.05, 3.63) is 12.2 Å². The first-order valence-electron chi connectivity index (χ1n) is 12.5. The van der Waals surface area contributed by atoms with E-state index in [2.05, 4.69) is 29.1 Å². The minimum Gasteiger partial charge on any atom is -0.747 e. The number of carbonyl (C=O) groups excluding carboxylic acids is 3. The molecule has 2 atom stereocenters. The van der Waals surface area contributed by atoms with E-state index in [0.29, 0.717) is 19.3 Å². The number of nitrogens with one attached hydrogen (secondary N) is 1. The van der Waals surface area contributed by atoms with Crippen LogP contribution < -0.4 is 69.5 Å². The summed E-state index contributed by atoms with van der Waals surface area (Å²) < 4.78 is 37.4. The van der Waals surface area contributed by atoms with Crippen molar-refractivity contribution in [3.8, 4) is 0 Å². The molecule has 0 radical (unpaired) electrons. The molecule has 0 rings (SSSR count). The van der Waals surface area contributed by atoms with Crippen molar-refractivity contribution in [2.45, 2.75) is 108 Å². The molecule has 0 bridgehead atoms. The number of carboxylic acid groups (broad SMARTS) is 1. The van der Waals surface area contributed by atoms with Crippen molar-refractivity contribution in [1.82, 2.24) is 5.32 Å². The summed E-state index contributed by atoms with van der Waals surface area (Å²) >= 11 is 0. The Morgan fingerprint density at radius 2 is 1.59 bits per heavy atom. The molecule has 13 heteroatoms. The average Bonchev–Trinajstić information content (AvgIpc) is 2.78. The predicted molar refractivity (Wildman–Crippen MR) is 128 cm³/mol. The van der Waals surface area contributed by atoms with Gasteiger partial charge in [-0.25, -0.2) is 8.42 Å². The van der Waals surface area contributed by atoms with E-state index in [9.17, 15) is 37.6 Å². The van der Waals surface area contributed by atoms with Crippen LogP contribution in [0.1, 0.15) is 96.8 Å². The van der Waals surface area contributed by atoms with Gasteiger partial charge in [0.25, 0.3) is 0 Å². The second-order valence-electron chi connectivity index (χ2n) is 8.59. The molecule has 0 spiro atoms. The maximum atomic E-state index is 11.8. The molecule has 0 aromatic heterocycles. The zero-order valence-corrected chi connectivity index (χ0v) is 27.6. The third-order valence-corrected chi connectivity index (χ3v) is 6.43. The van der Waals surface area contributed by atoms with Crippen LogP contribution >= 0.6 is 0 Å². The van der Waals surface area contributed by atoms with Gasteiger partial charge in [-0.1, -0.05) is 64.0 Å². The first-order chi connectivity index (χ1) is 16.6. The molecule has 0 aliphatic rings. The number of rotatable bonds is 22. The van der Waals surface area contributed by atoms with Crippen LogP contribution in [0.25, 0.3) is 0 Å². The number of carboxylic acids is 1. The number of aliphatic carboxylic acids is 1. The zero-order valence-electron chi connectivity index (χ0n) is 22.7.